The summed E-state index contributed by atoms with van der Waals surface area (Å²) >= 11 is 2.61. The molecule has 0 spiro atoms. The first-order valence-electron chi connectivity index (χ1n) is 14.6. The molecule has 2 heterocycles. The number of esters is 1. The Bertz CT molecular complexity index is 1730. The Morgan fingerprint density at radius 2 is 1.17 bits per heavy atom. The van der Waals surface area contributed by atoms with E-state index in [0.29, 0.717) is 28.0 Å². The molecule has 0 aliphatic heterocycles. The number of amides is 2. The van der Waals surface area contributed by atoms with E-state index in [9.17, 15) is 19.2 Å². The van der Waals surface area contributed by atoms with Crippen LogP contribution < -0.4 is 40.2 Å². The molecule has 16 heteroatoms. The maximum atomic E-state index is 11.9. The number of hydrogen-bond acceptors (Lipinski definition) is 12. The number of aliphatic carboxylic acids is 1. The molecule has 2 aromatic heterocycles. The summed E-state index contributed by atoms with van der Waals surface area (Å²) in [5, 5.41) is 15.2. The van der Waals surface area contributed by atoms with Crippen molar-refractivity contribution < 1.29 is 73.5 Å². The van der Waals surface area contributed by atoms with E-state index in [2.05, 4.69) is 20.6 Å². The molecule has 13 nitrogen and oxygen atoms in total. The number of rotatable bonds is 7. The molecule has 2 atom stereocenters. The summed E-state index contributed by atoms with van der Waals surface area (Å²) in [5.41, 5.74) is 1.87. The van der Waals surface area contributed by atoms with Crippen LogP contribution in [0.4, 0.5) is 19.9 Å². The van der Waals surface area contributed by atoms with Gasteiger partial charge in [-0.3, -0.25) is 20.2 Å². The molecular weight excluding hydrogens is 671 g/mol. The van der Waals surface area contributed by atoms with E-state index in [4.69, 9.17) is 19.3 Å². The number of benzene rings is 2. The van der Waals surface area contributed by atoms with Gasteiger partial charge in [0.15, 0.2) is 10.3 Å². The summed E-state index contributed by atoms with van der Waals surface area (Å²) in [6.07, 6.45) is -1.10. The molecule has 4 aromatic rings. The van der Waals surface area contributed by atoms with Gasteiger partial charge in [0, 0.05) is 0 Å². The van der Waals surface area contributed by atoms with Crippen molar-refractivity contribution in [1.82, 2.24) is 9.97 Å². The van der Waals surface area contributed by atoms with Gasteiger partial charge in [-0.05, 0) is 97.7 Å². The summed E-state index contributed by atoms with van der Waals surface area (Å²) in [6.45, 7) is 16.3. The molecule has 0 radical (unpaired) electrons. The van der Waals surface area contributed by atoms with Crippen molar-refractivity contribution in [3.63, 3.8) is 0 Å². The van der Waals surface area contributed by atoms with Gasteiger partial charge < -0.3 is 24.8 Å². The number of ether oxygens (including phenoxy) is 3. The van der Waals surface area contributed by atoms with E-state index >= 15 is 0 Å². The number of nitrogens with one attached hydrogen (secondary N) is 2. The van der Waals surface area contributed by atoms with E-state index < -0.39 is 35.3 Å². The molecule has 0 saturated carbocycles. The second-order valence-corrected chi connectivity index (χ2v) is 14.3. The summed E-state index contributed by atoms with van der Waals surface area (Å²) < 4.78 is 17.1. The second kappa shape index (κ2) is 17.9. The standard InChI is InChI=1S/C17H22N2O4S.C15H18N2O4S.Na.H2O/c1-6-22-14(20)10(2)11-7-8-12-13(9-11)24-15(18-12)19-16(21)23-17(3,4)5;1-8(12(18)19)9-5-6-10-11(7-9)22-13(16-10)17-14(20)21-15(2,3)4;;/h7-10H,6H2,1-5H3,(H,18,19,21);5-8H,1-4H3,(H,18,19)(H,16,17,20);;1H2/q;;+1;/p-1. The molecule has 2 unspecified atom stereocenters. The summed E-state index contributed by atoms with van der Waals surface area (Å²) in [6, 6.07) is 10.8. The van der Waals surface area contributed by atoms with E-state index in [1.807, 2.05) is 18.2 Å². The van der Waals surface area contributed by atoms with Crippen LogP contribution in [0.5, 0.6) is 0 Å². The number of anilines is 2. The average Bonchev–Trinajstić information content (AvgIpc) is 3.51. The first-order chi connectivity index (χ1) is 21.3. The van der Waals surface area contributed by atoms with Gasteiger partial charge in [0.1, 0.15) is 11.2 Å². The smallest absolute Gasteiger partial charge is 0.870 e. The Kier molecular flexibility index (Phi) is 15.9. The minimum Gasteiger partial charge on any atom is -0.870 e. The third-order valence-electron chi connectivity index (χ3n) is 6.05. The first-order valence-corrected chi connectivity index (χ1v) is 16.2. The topological polar surface area (TPSA) is 196 Å². The number of aromatic nitrogens is 2. The predicted molar refractivity (Wildman–Crippen MR) is 182 cm³/mol. The number of thiazole rings is 2. The molecule has 2 aromatic carbocycles. The van der Waals surface area contributed by atoms with Gasteiger partial charge in [-0.15, -0.1) is 0 Å². The number of fused-ring (bicyclic) bond motifs is 2. The molecule has 0 bridgehead atoms. The quantitative estimate of drug-likeness (QED) is 0.133. The SMILES string of the molecule is CC(C(=O)O)c1ccc2nc(NC(=O)OC(C)(C)C)sc2c1.CCOC(=O)C(C)c1ccc2nc(NC(=O)OC(C)(C)C)sc2c1.[Na+].[OH-]. The maximum Gasteiger partial charge on any atom is 1.00 e. The molecule has 48 heavy (non-hydrogen) atoms. The van der Waals surface area contributed by atoms with Crippen LogP contribution in [0.25, 0.3) is 20.4 Å². The molecule has 0 saturated heterocycles. The van der Waals surface area contributed by atoms with E-state index in [-0.39, 0.29) is 46.9 Å². The Morgan fingerprint density at radius 1 is 0.771 bits per heavy atom. The molecule has 0 aliphatic rings. The number of carbonyl (C=O) groups excluding carboxylic acids is 3. The molecule has 4 N–H and O–H groups in total. The molecule has 0 fully saturated rings. The van der Waals surface area contributed by atoms with Gasteiger partial charge in [-0.1, -0.05) is 34.8 Å². The van der Waals surface area contributed by atoms with Crippen molar-refractivity contribution in [3.8, 4) is 0 Å². The normalized spacial score (nSPS) is 12.3. The summed E-state index contributed by atoms with van der Waals surface area (Å²) in [4.78, 5) is 55.1. The third kappa shape index (κ3) is 12.9. The van der Waals surface area contributed by atoms with Gasteiger partial charge in [0.25, 0.3) is 0 Å². The van der Waals surface area contributed by atoms with Crippen LogP contribution in [0.2, 0.25) is 0 Å². The second-order valence-electron chi connectivity index (χ2n) is 12.3. The minimum atomic E-state index is -0.879. The van der Waals surface area contributed by atoms with Crippen LogP contribution in [-0.2, 0) is 23.8 Å². The van der Waals surface area contributed by atoms with E-state index in [1.54, 1.807) is 80.5 Å². The number of carboxylic acids is 1. The van der Waals surface area contributed by atoms with Gasteiger partial charge in [-0.25, -0.2) is 19.6 Å². The van der Waals surface area contributed by atoms with Crippen molar-refractivity contribution in [3.05, 3.63) is 47.5 Å². The molecule has 256 valence electrons. The fraction of sp³-hybridized carbons (Fsp3) is 0.438. The number of nitrogens with zero attached hydrogens (tertiary/aromatic N) is 2. The molecule has 4 rings (SSSR count). The van der Waals surface area contributed by atoms with Gasteiger partial charge in [0.05, 0.1) is 38.9 Å². The summed E-state index contributed by atoms with van der Waals surface area (Å²) in [5.74, 6) is -2.07. The van der Waals surface area contributed by atoms with Crippen LogP contribution in [0, 0.1) is 0 Å². The van der Waals surface area contributed by atoms with Crippen LogP contribution >= 0.6 is 22.7 Å². The molecule has 0 aliphatic carbocycles. The average molecular weight is 713 g/mol. The minimum absolute atomic E-state index is 0. The van der Waals surface area contributed by atoms with Crippen LogP contribution in [-0.4, -0.2) is 62.5 Å². The predicted octanol–water partition coefficient (Wildman–Crippen LogP) is 4.97. The van der Waals surface area contributed by atoms with E-state index in [0.717, 1.165) is 20.5 Å². The zero-order chi connectivity index (χ0) is 34.4. The fourth-order valence-electron chi connectivity index (χ4n) is 3.86. The van der Waals surface area contributed by atoms with Crippen molar-refractivity contribution in [1.29, 1.82) is 0 Å². The fourth-order valence-corrected chi connectivity index (χ4v) is 5.66. The summed E-state index contributed by atoms with van der Waals surface area (Å²) in [7, 11) is 0. The Morgan fingerprint density at radius 3 is 1.52 bits per heavy atom. The Balaban J connectivity index is 0.000000462. The zero-order valence-electron chi connectivity index (χ0n) is 28.8. The first kappa shape index (κ1) is 42.7. The molecular formula is C32H41N4NaO9S2. The van der Waals surface area contributed by atoms with Gasteiger partial charge >= 0.3 is 53.7 Å². The molecule has 2 amide bonds. The third-order valence-corrected chi connectivity index (χ3v) is 7.92. The van der Waals surface area contributed by atoms with Crippen molar-refractivity contribution in [2.24, 2.45) is 0 Å². The van der Waals surface area contributed by atoms with Gasteiger partial charge in [0.2, 0.25) is 0 Å². The van der Waals surface area contributed by atoms with Crippen molar-refractivity contribution in [2.45, 2.75) is 85.4 Å². The maximum absolute atomic E-state index is 11.9. The number of carboxylic acid groups (broad SMARTS) is 1. The number of hydrogen-bond donors (Lipinski definition) is 3. The van der Waals surface area contributed by atoms with Crippen LogP contribution in [0.3, 0.4) is 0 Å². The Hall–Kier alpha value is -3.34. The van der Waals surface area contributed by atoms with Gasteiger partial charge in [-0.2, -0.15) is 0 Å². The van der Waals surface area contributed by atoms with E-state index in [1.165, 1.54) is 22.7 Å². The van der Waals surface area contributed by atoms with Crippen LogP contribution in [0.15, 0.2) is 36.4 Å². The van der Waals surface area contributed by atoms with Crippen LogP contribution in [0.1, 0.15) is 85.3 Å². The largest absolute Gasteiger partial charge is 1.00 e. The van der Waals surface area contributed by atoms with Crippen molar-refractivity contribution >= 4 is 77.5 Å². The Labute approximate surface area is 309 Å². The monoisotopic (exact) mass is 712 g/mol. The number of carbonyl (C=O) groups is 4. The van der Waals surface area contributed by atoms with Crippen molar-refractivity contribution in [2.75, 3.05) is 17.2 Å². The zero-order valence-corrected chi connectivity index (χ0v) is 32.4.